The molecule has 7 nitrogen and oxygen atoms in total. The number of imidazole rings is 1. The number of hydrogen-bond donors (Lipinski definition) is 0. The van der Waals surface area contributed by atoms with Crippen molar-refractivity contribution < 1.29 is 27.0 Å². The van der Waals surface area contributed by atoms with Gasteiger partial charge in [0.1, 0.15) is 18.9 Å². The first-order chi connectivity index (χ1) is 9.01. The van der Waals surface area contributed by atoms with Crippen molar-refractivity contribution >= 4 is 10.1 Å². The second-order valence-corrected chi connectivity index (χ2v) is 5.63. The Bertz CT molecular complexity index is 457. The van der Waals surface area contributed by atoms with Crippen LogP contribution in [-0.2, 0) is 32.7 Å². The standard InChI is InChI=1S/C11H20N2O5S/c1-17-8-9-18-7-6-13-5-4-12(11-13)3-2-10-19(14,15)16/h4-5,11H,2-3,6-10H2,1H3. The largest absolute Gasteiger partial charge is 0.748 e. The van der Waals surface area contributed by atoms with Crippen LogP contribution in [0, 0.1) is 0 Å². The Kier molecular flexibility index (Phi) is 7.00. The van der Waals surface area contributed by atoms with E-state index in [0.717, 1.165) is 6.54 Å². The lowest BCUT2D eigenvalue weighted by molar-refractivity contribution is -0.696. The minimum Gasteiger partial charge on any atom is -0.748 e. The van der Waals surface area contributed by atoms with Crippen LogP contribution >= 0.6 is 0 Å². The highest BCUT2D eigenvalue weighted by Crippen LogP contribution is 1.90. The zero-order chi connectivity index (χ0) is 14.1. The Balaban J connectivity index is 2.21. The molecule has 110 valence electrons. The molecule has 1 aromatic heterocycles. The van der Waals surface area contributed by atoms with E-state index in [1.807, 2.05) is 27.9 Å². The van der Waals surface area contributed by atoms with E-state index in [0.29, 0.717) is 32.8 Å². The highest BCUT2D eigenvalue weighted by molar-refractivity contribution is 7.85. The van der Waals surface area contributed by atoms with Gasteiger partial charge in [0.05, 0.1) is 36.5 Å². The normalized spacial score (nSPS) is 11.9. The van der Waals surface area contributed by atoms with Crippen LogP contribution in [0.5, 0.6) is 0 Å². The molecule has 0 radical (unpaired) electrons. The van der Waals surface area contributed by atoms with Gasteiger partial charge >= 0.3 is 0 Å². The molecule has 0 fully saturated rings. The summed E-state index contributed by atoms with van der Waals surface area (Å²) in [5, 5.41) is 0. The van der Waals surface area contributed by atoms with Gasteiger partial charge in [-0.2, -0.15) is 0 Å². The Hall–Kier alpha value is -0.960. The number of rotatable bonds is 10. The predicted octanol–water partition coefficient (Wildman–Crippen LogP) is -0.626. The fraction of sp³-hybridized carbons (Fsp3) is 0.727. The van der Waals surface area contributed by atoms with Gasteiger partial charge in [0.25, 0.3) is 0 Å². The number of hydrogen-bond acceptors (Lipinski definition) is 5. The van der Waals surface area contributed by atoms with Crippen LogP contribution in [0.15, 0.2) is 18.7 Å². The van der Waals surface area contributed by atoms with Gasteiger partial charge in [-0.15, -0.1) is 0 Å². The molecule has 0 unspecified atom stereocenters. The maximum atomic E-state index is 10.5. The smallest absolute Gasteiger partial charge is 0.243 e. The summed E-state index contributed by atoms with van der Waals surface area (Å²) in [6.07, 6.45) is 5.90. The summed E-state index contributed by atoms with van der Waals surface area (Å²) >= 11 is 0. The molecule has 0 saturated heterocycles. The second kappa shape index (κ2) is 8.26. The molecule has 0 aliphatic rings. The van der Waals surface area contributed by atoms with E-state index in [9.17, 15) is 13.0 Å². The highest BCUT2D eigenvalue weighted by atomic mass is 32.2. The zero-order valence-corrected chi connectivity index (χ0v) is 11.8. The Labute approximate surface area is 113 Å². The number of nitrogens with zero attached hydrogens (tertiary/aromatic N) is 2. The van der Waals surface area contributed by atoms with Crippen molar-refractivity contribution in [3.05, 3.63) is 18.7 Å². The van der Waals surface area contributed by atoms with Crippen LogP contribution in [0.3, 0.4) is 0 Å². The Morgan fingerprint density at radius 3 is 2.79 bits per heavy atom. The number of aromatic nitrogens is 2. The number of aryl methyl sites for hydroxylation is 1. The van der Waals surface area contributed by atoms with Crippen molar-refractivity contribution in [1.82, 2.24) is 4.57 Å². The lowest BCUT2D eigenvalue weighted by atomic mass is 10.5. The molecule has 1 rings (SSSR count). The fourth-order valence-electron chi connectivity index (χ4n) is 1.54. The van der Waals surface area contributed by atoms with Crippen molar-refractivity contribution in [2.75, 3.05) is 32.7 Å². The maximum absolute atomic E-state index is 10.5. The predicted molar refractivity (Wildman–Crippen MR) is 66.5 cm³/mol. The first-order valence-corrected chi connectivity index (χ1v) is 7.64. The van der Waals surface area contributed by atoms with E-state index in [2.05, 4.69) is 0 Å². The summed E-state index contributed by atoms with van der Waals surface area (Å²) in [7, 11) is -2.49. The zero-order valence-electron chi connectivity index (χ0n) is 11.0. The SMILES string of the molecule is COCCOCCn1cc[n+](CCCS(=O)(=O)[O-])c1. The lowest BCUT2D eigenvalue weighted by Crippen LogP contribution is -2.32. The molecule has 0 atom stereocenters. The molecule has 0 amide bonds. The third-order valence-corrected chi connectivity index (χ3v) is 3.27. The van der Waals surface area contributed by atoms with Crippen LogP contribution in [0.2, 0.25) is 0 Å². The average molecular weight is 292 g/mol. The van der Waals surface area contributed by atoms with Crippen molar-refractivity contribution in [2.45, 2.75) is 19.5 Å². The molecule has 1 aromatic rings. The molecule has 0 spiro atoms. The van der Waals surface area contributed by atoms with E-state index in [-0.39, 0.29) is 5.75 Å². The maximum Gasteiger partial charge on any atom is 0.243 e. The monoisotopic (exact) mass is 292 g/mol. The summed E-state index contributed by atoms with van der Waals surface area (Å²) < 4.78 is 45.4. The molecule has 8 heteroatoms. The van der Waals surface area contributed by atoms with Gasteiger partial charge in [-0.1, -0.05) is 0 Å². The molecule has 0 N–H and O–H groups in total. The van der Waals surface area contributed by atoms with Crippen molar-refractivity contribution in [2.24, 2.45) is 0 Å². The van der Waals surface area contributed by atoms with Crippen LogP contribution < -0.4 is 4.57 Å². The molecular weight excluding hydrogens is 272 g/mol. The van der Waals surface area contributed by atoms with Gasteiger partial charge < -0.3 is 14.0 Å². The van der Waals surface area contributed by atoms with Crippen LogP contribution in [0.4, 0.5) is 0 Å². The second-order valence-electron chi connectivity index (χ2n) is 4.11. The Morgan fingerprint density at radius 1 is 1.32 bits per heavy atom. The van der Waals surface area contributed by atoms with Crippen LogP contribution in [0.1, 0.15) is 6.42 Å². The van der Waals surface area contributed by atoms with Crippen molar-refractivity contribution in [3.8, 4) is 0 Å². The molecular formula is C11H20N2O5S. The van der Waals surface area contributed by atoms with Gasteiger partial charge in [-0.05, 0) is 6.42 Å². The van der Waals surface area contributed by atoms with Gasteiger partial charge in [0.15, 0.2) is 0 Å². The summed E-state index contributed by atoms with van der Waals surface area (Å²) in [5.41, 5.74) is 0. The van der Waals surface area contributed by atoms with Gasteiger partial charge in [-0.25, -0.2) is 17.6 Å². The summed E-state index contributed by atoms with van der Waals surface area (Å²) in [6.45, 7) is 2.97. The van der Waals surface area contributed by atoms with E-state index in [1.54, 1.807) is 7.11 Å². The molecule has 0 bridgehead atoms. The molecule has 19 heavy (non-hydrogen) atoms. The number of ether oxygens (including phenoxy) is 2. The van der Waals surface area contributed by atoms with Gasteiger partial charge in [-0.3, -0.25) is 0 Å². The molecule has 1 heterocycles. The number of methoxy groups -OCH3 is 1. The lowest BCUT2D eigenvalue weighted by Gasteiger charge is -2.04. The summed E-state index contributed by atoms with van der Waals surface area (Å²) in [5.74, 6) is -0.328. The molecule has 0 saturated carbocycles. The summed E-state index contributed by atoms with van der Waals surface area (Å²) in [4.78, 5) is 0. The quantitative estimate of drug-likeness (QED) is 0.326. The molecule has 0 aliphatic heterocycles. The third kappa shape index (κ3) is 7.93. The van der Waals surface area contributed by atoms with E-state index in [1.165, 1.54) is 0 Å². The van der Waals surface area contributed by atoms with E-state index >= 15 is 0 Å². The van der Waals surface area contributed by atoms with Crippen LogP contribution in [-0.4, -0.2) is 50.2 Å². The van der Waals surface area contributed by atoms with Crippen molar-refractivity contribution in [3.63, 3.8) is 0 Å². The Morgan fingerprint density at radius 2 is 2.11 bits per heavy atom. The highest BCUT2D eigenvalue weighted by Gasteiger charge is 2.04. The van der Waals surface area contributed by atoms with Gasteiger partial charge in [0.2, 0.25) is 6.33 Å². The average Bonchev–Trinajstić information content (AvgIpc) is 2.75. The molecule has 0 aromatic carbocycles. The third-order valence-electron chi connectivity index (χ3n) is 2.48. The minimum absolute atomic E-state index is 0.324. The minimum atomic E-state index is -4.11. The van der Waals surface area contributed by atoms with Gasteiger partial charge in [0, 0.05) is 12.9 Å². The topological polar surface area (TPSA) is 84.5 Å². The molecule has 0 aliphatic carbocycles. The van der Waals surface area contributed by atoms with Crippen LogP contribution in [0.25, 0.3) is 0 Å². The fourth-order valence-corrected chi connectivity index (χ4v) is 2.02. The first-order valence-electron chi connectivity index (χ1n) is 6.06. The summed E-state index contributed by atoms with van der Waals surface area (Å²) in [6, 6.07) is 0. The van der Waals surface area contributed by atoms with E-state index < -0.39 is 10.1 Å². The van der Waals surface area contributed by atoms with Crippen molar-refractivity contribution in [1.29, 1.82) is 0 Å². The first kappa shape index (κ1) is 16.1. The van der Waals surface area contributed by atoms with E-state index in [4.69, 9.17) is 9.47 Å².